The Morgan fingerprint density at radius 2 is 1.89 bits per heavy atom. The molecular formula is C18H28F2N4O3. The van der Waals surface area contributed by atoms with Gasteiger partial charge in [0.1, 0.15) is 11.4 Å². The van der Waals surface area contributed by atoms with Gasteiger partial charge in [-0.15, -0.1) is 0 Å². The number of halogens is 2. The molecule has 1 aromatic carbocycles. The van der Waals surface area contributed by atoms with Crippen molar-refractivity contribution in [3.63, 3.8) is 0 Å². The molecular weight excluding hydrogens is 358 g/mol. The number of nitrogens with one attached hydrogen (secondary N) is 3. The van der Waals surface area contributed by atoms with Crippen LogP contribution < -0.4 is 20.7 Å². The number of carbonyl (C=O) groups excluding carboxylic acids is 1. The molecule has 0 atom stereocenters. The summed E-state index contributed by atoms with van der Waals surface area (Å²) in [4.78, 5) is 15.6. The van der Waals surface area contributed by atoms with Crippen molar-refractivity contribution < 1.29 is 23.0 Å². The molecule has 3 N–H and O–H groups in total. The molecule has 0 fully saturated rings. The molecule has 152 valence electrons. The third-order valence-corrected chi connectivity index (χ3v) is 3.12. The van der Waals surface area contributed by atoms with Crippen LogP contribution in [-0.4, -0.2) is 44.4 Å². The molecule has 0 bridgehead atoms. The van der Waals surface area contributed by atoms with Crippen molar-refractivity contribution in [2.24, 2.45) is 4.99 Å². The number of alkyl carbamates (subject to hydrolysis) is 1. The molecule has 9 heteroatoms. The Morgan fingerprint density at radius 3 is 2.52 bits per heavy atom. The van der Waals surface area contributed by atoms with E-state index in [0.29, 0.717) is 32.0 Å². The lowest BCUT2D eigenvalue weighted by Gasteiger charge is -2.19. The summed E-state index contributed by atoms with van der Waals surface area (Å²) in [6, 6.07) is 6.45. The quantitative estimate of drug-likeness (QED) is 0.364. The van der Waals surface area contributed by atoms with E-state index in [1.54, 1.807) is 40.0 Å². The molecule has 0 radical (unpaired) electrons. The van der Waals surface area contributed by atoms with Crippen LogP contribution in [0.5, 0.6) is 5.75 Å². The minimum Gasteiger partial charge on any atom is -0.444 e. The van der Waals surface area contributed by atoms with Crippen LogP contribution in [0, 0.1) is 0 Å². The fourth-order valence-electron chi connectivity index (χ4n) is 2.04. The van der Waals surface area contributed by atoms with Crippen molar-refractivity contribution >= 4 is 12.1 Å². The second-order valence-corrected chi connectivity index (χ2v) is 6.66. The maximum atomic E-state index is 12.3. The van der Waals surface area contributed by atoms with E-state index in [4.69, 9.17) is 4.74 Å². The minimum atomic E-state index is -2.85. The Hall–Kier alpha value is -2.58. The smallest absolute Gasteiger partial charge is 0.407 e. The van der Waals surface area contributed by atoms with E-state index in [2.05, 4.69) is 25.7 Å². The highest BCUT2D eigenvalue weighted by Crippen LogP contribution is 2.15. The summed E-state index contributed by atoms with van der Waals surface area (Å²) < 4.78 is 34.0. The van der Waals surface area contributed by atoms with Gasteiger partial charge in [-0.05, 0) is 44.9 Å². The number of carbonyl (C=O) groups is 1. The average molecular weight is 386 g/mol. The van der Waals surface area contributed by atoms with E-state index < -0.39 is 18.3 Å². The first-order valence-electron chi connectivity index (χ1n) is 8.65. The molecule has 0 heterocycles. The monoisotopic (exact) mass is 386 g/mol. The number of hydrogen-bond donors (Lipinski definition) is 3. The number of ether oxygens (including phenoxy) is 2. The molecule has 0 spiro atoms. The molecule has 1 aromatic rings. The Labute approximate surface area is 158 Å². The van der Waals surface area contributed by atoms with Crippen LogP contribution in [0.4, 0.5) is 13.6 Å². The number of rotatable bonds is 8. The summed E-state index contributed by atoms with van der Waals surface area (Å²) in [7, 11) is 1.63. The minimum absolute atomic E-state index is 0.112. The fourth-order valence-corrected chi connectivity index (χ4v) is 2.04. The number of alkyl halides is 2. The average Bonchev–Trinajstić information content (AvgIpc) is 2.55. The van der Waals surface area contributed by atoms with E-state index >= 15 is 0 Å². The first-order chi connectivity index (χ1) is 12.7. The van der Waals surface area contributed by atoms with Gasteiger partial charge in [0, 0.05) is 26.7 Å². The van der Waals surface area contributed by atoms with Crippen LogP contribution in [0.15, 0.2) is 29.3 Å². The lowest BCUT2D eigenvalue weighted by Crippen LogP contribution is -2.39. The molecule has 0 saturated carbocycles. The highest BCUT2D eigenvalue weighted by atomic mass is 19.3. The number of amides is 1. The van der Waals surface area contributed by atoms with Gasteiger partial charge in [0.15, 0.2) is 5.96 Å². The molecule has 1 rings (SSSR count). The lowest BCUT2D eigenvalue weighted by molar-refractivity contribution is -0.0498. The van der Waals surface area contributed by atoms with Gasteiger partial charge in [0.2, 0.25) is 0 Å². The zero-order valence-electron chi connectivity index (χ0n) is 16.1. The fraction of sp³-hybridized carbons (Fsp3) is 0.556. The second-order valence-electron chi connectivity index (χ2n) is 6.66. The van der Waals surface area contributed by atoms with Crippen molar-refractivity contribution in [1.82, 2.24) is 16.0 Å². The van der Waals surface area contributed by atoms with E-state index in [1.807, 2.05) is 0 Å². The van der Waals surface area contributed by atoms with Crippen LogP contribution in [-0.2, 0) is 11.3 Å². The van der Waals surface area contributed by atoms with Crippen molar-refractivity contribution in [2.45, 2.75) is 45.9 Å². The SMILES string of the molecule is CN=C(NCCCNC(=O)OC(C)(C)C)NCc1cccc(OC(F)F)c1. The van der Waals surface area contributed by atoms with Gasteiger partial charge in [0.25, 0.3) is 0 Å². The van der Waals surface area contributed by atoms with Crippen molar-refractivity contribution in [2.75, 3.05) is 20.1 Å². The van der Waals surface area contributed by atoms with Gasteiger partial charge in [-0.3, -0.25) is 4.99 Å². The summed E-state index contributed by atoms with van der Waals surface area (Å²) >= 11 is 0. The van der Waals surface area contributed by atoms with Crippen LogP contribution in [0.3, 0.4) is 0 Å². The van der Waals surface area contributed by atoms with Gasteiger partial charge in [0.05, 0.1) is 0 Å². The first kappa shape index (κ1) is 22.5. The van der Waals surface area contributed by atoms with Crippen molar-refractivity contribution in [3.8, 4) is 5.75 Å². The van der Waals surface area contributed by atoms with Crippen LogP contribution in [0.2, 0.25) is 0 Å². The highest BCUT2D eigenvalue weighted by Gasteiger charge is 2.15. The standard InChI is InChI=1S/C18H28F2N4O3/c1-18(2,3)27-17(25)23-10-6-9-22-16(21-4)24-12-13-7-5-8-14(11-13)26-15(19)20/h5,7-8,11,15H,6,9-10,12H2,1-4H3,(H,23,25)(H2,21,22,24). The zero-order chi connectivity index (χ0) is 20.3. The van der Waals surface area contributed by atoms with E-state index in [0.717, 1.165) is 5.56 Å². The van der Waals surface area contributed by atoms with Crippen LogP contribution in [0.1, 0.15) is 32.8 Å². The highest BCUT2D eigenvalue weighted by molar-refractivity contribution is 5.79. The maximum absolute atomic E-state index is 12.3. The molecule has 1 amide bonds. The number of aliphatic imine (C=N–C) groups is 1. The number of guanidine groups is 1. The number of nitrogens with zero attached hydrogens (tertiary/aromatic N) is 1. The van der Waals surface area contributed by atoms with E-state index in [-0.39, 0.29) is 5.75 Å². The summed E-state index contributed by atoms with van der Waals surface area (Å²) in [5, 5.41) is 8.86. The molecule has 0 aromatic heterocycles. The van der Waals surface area contributed by atoms with Crippen LogP contribution >= 0.6 is 0 Å². The molecule has 7 nitrogen and oxygen atoms in total. The predicted molar refractivity (Wildman–Crippen MR) is 100 cm³/mol. The van der Waals surface area contributed by atoms with Crippen molar-refractivity contribution in [3.05, 3.63) is 29.8 Å². The number of benzene rings is 1. The molecule has 0 saturated heterocycles. The molecule has 27 heavy (non-hydrogen) atoms. The second kappa shape index (κ2) is 11.2. The summed E-state index contributed by atoms with van der Waals surface area (Å²) in [5.41, 5.74) is 0.258. The molecule has 0 aliphatic rings. The van der Waals surface area contributed by atoms with E-state index in [9.17, 15) is 13.6 Å². The van der Waals surface area contributed by atoms with Gasteiger partial charge in [-0.25, -0.2) is 4.79 Å². The molecule has 0 unspecified atom stereocenters. The van der Waals surface area contributed by atoms with Gasteiger partial charge >= 0.3 is 12.7 Å². The number of hydrogen-bond acceptors (Lipinski definition) is 4. The third-order valence-electron chi connectivity index (χ3n) is 3.12. The van der Waals surface area contributed by atoms with Gasteiger partial charge < -0.3 is 25.4 Å². The lowest BCUT2D eigenvalue weighted by atomic mass is 10.2. The Bertz CT molecular complexity index is 619. The third kappa shape index (κ3) is 10.9. The zero-order valence-corrected chi connectivity index (χ0v) is 16.1. The summed E-state index contributed by atoms with van der Waals surface area (Å²) in [6.07, 6.45) is 0.230. The molecule has 0 aliphatic carbocycles. The molecule has 0 aliphatic heterocycles. The van der Waals surface area contributed by atoms with Crippen LogP contribution in [0.25, 0.3) is 0 Å². The summed E-state index contributed by atoms with van der Waals surface area (Å²) in [6.45, 7) is 4.01. The Morgan fingerprint density at radius 1 is 1.19 bits per heavy atom. The predicted octanol–water partition coefficient (Wildman–Crippen LogP) is 2.87. The Kier molecular flexibility index (Phi) is 9.32. The first-order valence-corrected chi connectivity index (χ1v) is 8.65. The van der Waals surface area contributed by atoms with E-state index in [1.165, 1.54) is 12.1 Å². The topological polar surface area (TPSA) is 84.0 Å². The summed E-state index contributed by atoms with van der Waals surface area (Å²) in [5.74, 6) is 0.674. The van der Waals surface area contributed by atoms with Gasteiger partial charge in [-0.2, -0.15) is 8.78 Å². The largest absolute Gasteiger partial charge is 0.444 e. The normalized spacial score (nSPS) is 11.9. The van der Waals surface area contributed by atoms with Crippen molar-refractivity contribution in [1.29, 1.82) is 0 Å². The Balaban J connectivity index is 2.28. The maximum Gasteiger partial charge on any atom is 0.407 e. The van der Waals surface area contributed by atoms with Gasteiger partial charge in [-0.1, -0.05) is 12.1 Å².